The summed E-state index contributed by atoms with van der Waals surface area (Å²) in [6.07, 6.45) is 4.05. The lowest BCUT2D eigenvalue weighted by atomic mass is 10.2. The summed E-state index contributed by atoms with van der Waals surface area (Å²) in [7, 11) is 0. The Morgan fingerprint density at radius 3 is 2.73 bits per heavy atom. The maximum atomic E-state index is 11.3. The third-order valence-electron chi connectivity index (χ3n) is 2.45. The molecule has 3 heteroatoms. The van der Waals surface area contributed by atoms with Crippen LogP contribution in [0.5, 0.6) is 0 Å². The molecule has 0 fully saturated rings. The lowest BCUT2D eigenvalue weighted by molar-refractivity contribution is -0.130. The molecule has 2 rings (SSSR count). The molecule has 0 aromatic heterocycles. The number of ketones is 1. The van der Waals surface area contributed by atoms with E-state index in [-0.39, 0.29) is 0 Å². The second-order valence-electron chi connectivity index (χ2n) is 3.38. The first-order chi connectivity index (χ1) is 7.33. The molecule has 0 amide bonds. The maximum absolute atomic E-state index is 11.3. The van der Waals surface area contributed by atoms with Crippen molar-refractivity contribution < 1.29 is 9.59 Å². The standard InChI is InChI=1S/C12H11NO2/c14-9-12(15)11-7-4-8-13(11)10-5-2-1-3-6-10/h1-7,9,11H,8H2. The Labute approximate surface area is 88.0 Å². The van der Waals surface area contributed by atoms with Gasteiger partial charge in [-0.3, -0.25) is 9.59 Å². The van der Waals surface area contributed by atoms with Gasteiger partial charge in [0.2, 0.25) is 5.78 Å². The van der Waals surface area contributed by atoms with Crippen molar-refractivity contribution in [2.75, 3.05) is 11.4 Å². The van der Waals surface area contributed by atoms with Crippen molar-refractivity contribution in [2.24, 2.45) is 0 Å². The van der Waals surface area contributed by atoms with Crippen LogP contribution in [0.3, 0.4) is 0 Å². The molecule has 3 nitrogen and oxygen atoms in total. The van der Waals surface area contributed by atoms with Gasteiger partial charge in [-0.1, -0.05) is 30.4 Å². The molecule has 1 aromatic carbocycles. The van der Waals surface area contributed by atoms with Crippen molar-refractivity contribution >= 4 is 17.8 Å². The minimum Gasteiger partial charge on any atom is -0.354 e. The van der Waals surface area contributed by atoms with Crippen LogP contribution >= 0.6 is 0 Å². The Morgan fingerprint density at radius 2 is 2.07 bits per heavy atom. The summed E-state index contributed by atoms with van der Waals surface area (Å²) in [6.45, 7) is 0.675. The number of anilines is 1. The third-order valence-corrected chi connectivity index (χ3v) is 2.45. The quantitative estimate of drug-likeness (QED) is 0.419. The second-order valence-corrected chi connectivity index (χ2v) is 3.38. The van der Waals surface area contributed by atoms with Gasteiger partial charge in [-0.2, -0.15) is 0 Å². The van der Waals surface area contributed by atoms with Gasteiger partial charge in [-0.25, -0.2) is 0 Å². The van der Waals surface area contributed by atoms with Crippen LogP contribution in [-0.2, 0) is 9.59 Å². The number of aldehydes is 1. The Morgan fingerprint density at radius 1 is 1.33 bits per heavy atom. The summed E-state index contributed by atoms with van der Waals surface area (Å²) in [5, 5.41) is 0. The van der Waals surface area contributed by atoms with Crippen molar-refractivity contribution in [3.8, 4) is 0 Å². The summed E-state index contributed by atoms with van der Waals surface area (Å²) in [4.78, 5) is 23.7. The molecule has 1 heterocycles. The molecule has 15 heavy (non-hydrogen) atoms. The fraction of sp³-hybridized carbons (Fsp3) is 0.167. The van der Waals surface area contributed by atoms with Gasteiger partial charge < -0.3 is 4.90 Å². The van der Waals surface area contributed by atoms with Gasteiger partial charge in [0, 0.05) is 12.2 Å². The molecule has 0 spiro atoms. The molecule has 0 saturated heterocycles. The Bertz CT molecular complexity index is 397. The Balaban J connectivity index is 2.24. The average Bonchev–Trinajstić information content (AvgIpc) is 2.78. The second kappa shape index (κ2) is 4.09. The van der Waals surface area contributed by atoms with E-state index in [0.717, 1.165) is 5.69 Å². The first-order valence-electron chi connectivity index (χ1n) is 4.80. The van der Waals surface area contributed by atoms with E-state index < -0.39 is 11.8 Å². The molecule has 1 aliphatic rings. The van der Waals surface area contributed by atoms with Gasteiger partial charge in [0.05, 0.1) is 0 Å². The number of carbonyl (C=O) groups is 2. The first kappa shape index (κ1) is 9.65. The van der Waals surface area contributed by atoms with E-state index in [2.05, 4.69) is 0 Å². The highest BCUT2D eigenvalue weighted by Crippen LogP contribution is 2.20. The van der Waals surface area contributed by atoms with Gasteiger partial charge >= 0.3 is 0 Å². The van der Waals surface area contributed by atoms with Crippen molar-refractivity contribution in [1.29, 1.82) is 0 Å². The van der Waals surface area contributed by atoms with Gasteiger partial charge in [0.15, 0.2) is 6.29 Å². The predicted octanol–water partition coefficient (Wildman–Crippen LogP) is 1.20. The summed E-state index contributed by atoms with van der Waals surface area (Å²) in [5.74, 6) is -0.396. The zero-order valence-electron chi connectivity index (χ0n) is 8.17. The van der Waals surface area contributed by atoms with E-state index in [0.29, 0.717) is 12.8 Å². The minimum atomic E-state index is -0.426. The molecule has 0 saturated carbocycles. The van der Waals surface area contributed by atoms with Crippen LogP contribution in [0, 0.1) is 0 Å². The molecule has 0 aliphatic carbocycles. The monoisotopic (exact) mass is 201 g/mol. The summed E-state index contributed by atoms with van der Waals surface area (Å²) >= 11 is 0. The highest BCUT2D eigenvalue weighted by Gasteiger charge is 2.25. The smallest absolute Gasteiger partial charge is 0.221 e. The van der Waals surface area contributed by atoms with E-state index in [4.69, 9.17) is 0 Å². The van der Waals surface area contributed by atoms with Gasteiger partial charge in [0.1, 0.15) is 6.04 Å². The van der Waals surface area contributed by atoms with Crippen LogP contribution in [0.4, 0.5) is 5.69 Å². The molecular weight excluding hydrogens is 190 g/mol. The van der Waals surface area contributed by atoms with Crippen LogP contribution in [0.15, 0.2) is 42.5 Å². The third kappa shape index (κ3) is 1.81. The van der Waals surface area contributed by atoms with E-state index in [9.17, 15) is 9.59 Å². The molecule has 1 aliphatic heterocycles. The minimum absolute atomic E-state index is 0.385. The SMILES string of the molecule is O=CC(=O)C1C=CCN1c1ccccc1. The van der Waals surface area contributed by atoms with Crippen LogP contribution in [0.2, 0.25) is 0 Å². The number of Topliss-reactive ketones (excluding diaryl/α,β-unsaturated/α-hetero) is 1. The van der Waals surface area contributed by atoms with Crippen LogP contribution < -0.4 is 4.90 Å². The molecule has 1 atom stereocenters. The Kier molecular flexibility index (Phi) is 2.63. The van der Waals surface area contributed by atoms with Gasteiger partial charge in [-0.05, 0) is 12.1 Å². The summed E-state index contributed by atoms with van der Waals surface area (Å²) < 4.78 is 0. The van der Waals surface area contributed by atoms with E-state index >= 15 is 0 Å². The molecule has 76 valence electrons. The van der Waals surface area contributed by atoms with Crippen molar-refractivity contribution in [1.82, 2.24) is 0 Å². The number of para-hydroxylation sites is 1. The zero-order valence-corrected chi connectivity index (χ0v) is 8.17. The summed E-state index contributed by atoms with van der Waals surface area (Å²) in [5.41, 5.74) is 0.961. The normalized spacial score (nSPS) is 19.2. The highest BCUT2D eigenvalue weighted by molar-refractivity contribution is 6.29. The van der Waals surface area contributed by atoms with Crippen LogP contribution in [0.1, 0.15) is 0 Å². The fourth-order valence-corrected chi connectivity index (χ4v) is 1.72. The van der Waals surface area contributed by atoms with Crippen molar-refractivity contribution in [2.45, 2.75) is 6.04 Å². The predicted molar refractivity (Wildman–Crippen MR) is 57.8 cm³/mol. The fourth-order valence-electron chi connectivity index (χ4n) is 1.72. The van der Waals surface area contributed by atoms with Gasteiger partial charge in [0.25, 0.3) is 0 Å². The first-order valence-corrected chi connectivity index (χ1v) is 4.80. The molecular formula is C12H11NO2. The van der Waals surface area contributed by atoms with Gasteiger partial charge in [-0.15, -0.1) is 0 Å². The average molecular weight is 201 g/mol. The zero-order chi connectivity index (χ0) is 10.7. The number of hydrogen-bond donors (Lipinski definition) is 0. The molecule has 0 bridgehead atoms. The van der Waals surface area contributed by atoms with Crippen LogP contribution in [0.25, 0.3) is 0 Å². The number of nitrogens with zero attached hydrogens (tertiary/aromatic N) is 1. The largest absolute Gasteiger partial charge is 0.354 e. The van der Waals surface area contributed by atoms with E-state index in [1.807, 2.05) is 41.3 Å². The number of hydrogen-bond acceptors (Lipinski definition) is 3. The van der Waals surface area contributed by atoms with Crippen LogP contribution in [-0.4, -0.2) is 24.7 Å². The summed E-state index contributed by atoms with van der Waals surface area (Å²) in [6, 6.07) is 9.18. The Hall–Kier alpha value is -1.90. The molecule has 0 N–H and O–H groups in total. The number of carbonyl (C=O) groups excluding carboxylic acids is 2. The number of benzene rings is 1. The number of rotatable bonds is 3. The molecule has 0 radical (unpaired) electrons. The lowest BCUT2D eigenvalue weighted by Crippen LogP contribution is -2.37. The van der Waals surface area contributed by atoms with Crippen molar-refractivity contribution in [3.05, 3.63) is 42.5 Å². The molecule has 1 unspecified atom stereocenters. The topological polar surface area (TPSA) is 37.4 Å². The highest BCUT2D eigenvalue weighted by atomic mass is 16.2. The van der Waals surface area contributed by atoms with E-state index in [1.54, 1.807) is 6.08 Å². The van der Waals surface area contributed by atoms with Crippen molar-refractivity contribution in [3.63, 3.8) is 0 Å². The molecule has 1 aromatic rings. The van der Waals surface area contributed by atoms with E-state index in [1.165, 1.54) is 0 Å². The maximum Gasteiger partial charge on any atom is 0.221 e. The lowest BCUT2D eigenvalue weighted by Gasteiger charge is -2.24.